The zero-order chi connectivity index (χ0) is 28.0. The molecule has 0 saturated carbocycles. The Bertz CT molecular complexity index is 1800. The van der Waals surface area contributed by atoms with Crippen molar-refractivity contribution < 1.29 is 0 Å². The van der Waals surface area contributed by atoms with Crippen LogP contribution in [0.25, 0.3) is 45.0 Å². The summed E-state index contributed by atoms with van der Waals surface area (Å²) in [5, 5.41) is 0. The molecule has 41 heavy (non-hydrogen) atoms. The summed E-state index contributed by atoms with van der Waals surface area (Å²) in [4.78, 5) is 0. The van der Waals surface area contributed by atoms with E-state index in [9.17, 15) is 0 Å². The Morgan fingerprint density at radius 1 is 0.512 bits per heavy atom. The lowest BCUT2D eigenvalue weighted by molar-refractivity contribution is 1.19. The number of nitrogens with two attached hydrogens (primary N) is 1. The van der Waals surface area contributed by atoms with E-state index in [2.05, 4.69) is 159 Å². The molecule has 0 spiro atoms. The Kier molecular flexibility index (Phi) is 7.60. The molecule has 6 rings (SSSR count). The fourth-order valence-corrected chi connectivity index (χ4v) is 5.40. The minimum atomic E-state index is 0.799. The number of anilines is 1. The van der Waals surface area contributed by atoms with Gasteiger partial charge < -0.3 is 5.73 Å². The van der Waals surface area contributed by atoms with Gasteiger partial charge in [0, 0.05) is 11.3 Å². The van der Waals surface area contributed by atoms with Gasteiger partial charge in [0.25, 0.3) is 0 Å². The first-order chi connectivity index (χ1) is 20.1. The van der Waals surface area contributed by atoms with Gasteiger partial charge in [0.1, 0.15) is 0 Å². The van der Waals surface area contributed by atoms with Crippen LogP contribution in [0, 0.1) is 0 Å². The summed E-state index contributed by atoms with van der Waals surface area (Å²) in [5.41, 5.74) is 20.7. The molecule has 1 heteroatoms. The highest BCUT2D eigenvalue weighted by atomic mass is 14.6. The van der Waals surface area contributed by atoms with Crippen LogP contribution in [-0.4, -0.2) is 0 Å². The molecule has 198 valence electrons. The van der Waals surface area contributed by atoms with Gasteiger partial charge in [-0.25, -0.2) is 0 Å². The fraction of sp³-hybridized carbons (Fsp3) is 0.0500. The predicted molar refractivity (Wildman–Crippen MR) is 176 cm³/mol. The zero-order valence-corrected chi connectivity index (χ0v) is 23.3. The van der Waals surface area contributed by atoms with E-state index in [0.717, 1.165) is 28.8 Å². The zero-order valence-electron chi connectivity index (χ0n) is 23.3. The molecule has 6 aromatic carbocycles. The highest BCUT2D eigenvalue weighted by Crippen LogP contribution is 2.33. The van der Waals surface area contributed by atoms with Crippen molar-refractivity contribution in [2.24, 2.45) is 0 Å². The van der Waals surface area contributed by atoms with Gasteiger partial charge in [0.2, 0.25) is 0 Å². The van der Waals surface area contributed by atoms with Gasteiger partial charge in [-0.15, -0.1) is 0 Å². The summed E-state index contributed by atoms with van der Waals surface area (Å²) in [6, 6.07) is 53.6. The summed E-state index contributed by atoms with van der Waals surface area (Å²) in [6.07, 6.45) is 3.09. The first-order valence-electron chi connectivity index (χ1n) is 14.1. The third kappa shape index (κ3) is 6.05. The number of hydrogen-bond donors (Lipinski definition) is 1. The molecule has 6 aromatic rings. The van der Waals surface area contributed by atoms with Gasteiger partial charge in [-0.2, -0.15) is 0 Å². The number of allylic oxidation sites excluding steroid dienone is 1. The van der Waals surface area contributed by atoms with Gasteiger partial charge >= 0.3 is 0 Å². The summed E-state index contributed by atoms with van der Waals surface area (Å²) < 4.78 is 0. The van der Waals surface area contributed by atoms with E-state index in [1.807, 2.05) is 6.07 Å². The summed E-state index contributed by atoms with van der Waals surface area (Å²) in [6.45, 7) is 2.16. The molecule has 0 unspecified atom stereocenters. The van der Waals surface area contributed by atoms with E-state index >= 15 is 0 Å². The van der Waals surface area contributed by atoms with Gasteiger partial charge in [-0.05, 0) is 75.1 Å². The van der Waals surface area contributed by atoms with E-state index < -0.39 is 0 Å². The van der Waals surface area contributed by atoms with Crippen molar-refractivity contribution in [2.45, 2.75) is 13.3 Å². The number of hydrogen-bond acceptors (Lipinski definition) is 1. The third-order valence-corrected chi connectivity index (χ3v) is 7.64. The first kappa shape index (κ1) is 26.1. The van der Waals surface area contributed by atoms with Crippen LogP contribution in [0.2, 0.25) is 0 Å². The minimum absolute atomic E-state index is 0.799. The first-order valence-corrected chi connectivity index (χ1v) is 14.1. The molecule has 0 saturated heterocycles. The third-order valence-electron chi connectivity index (χ3n) is 7.64. The second-order valence-corrected chi connectivity index (χ2v) is 10.5. The Morgan fingerprint density at radius 2 is 1.05 bits per heavy atom. The van der Waals surface area contributed by atoms with Crippen molar-refractivity contribution >= 4 is 17.3 Å². The van der Waals surface area contributed by atoms with Gasteiger partial charge in [0.05, 0.1) is 0 Å². The molecule has 0 aliphatic carbocycles. The maximum atomic E-state index is 6.74. The van der Waals surface area contributed by atoms with Gasteiger partial charge in [0.15, 0.2) is 0 Å². The number of rotatable bonds is 7. The van der Waals surface area contributed by atoms with Crippen LogP contribution in [0.1, 0.15) is 29.2 Å². The van der Waals surface area contributed by atoms with Crippen LogP contribution in [0.4, 0.5) is 5.69 Å². The molecule has 0 atom stereocenters. The Hall–Kier alpha value is -5.14. The normalized spacial score (nSPS) is 11.4. The molecule has 0 aliphatic heterocycles. The Labute approximate surface area is 243 Å². The van der Waals surface area contributed by atoms with Crippen molar-refractivity contribution in [3.05, 3.63) is 174 Å². The topological polar surface area (TPSA) is 26.0 Å². The average Bonchev–Trinajstić information content (AvgIpc) is 3.03. The van der Waals surface area contributed by atoms with Gasteiger partial charge in [-0.3, -0.25) is 0 Å². The van der Waals surface area contributed by atoms with Crippen LogP contribution in [0.3, 0.4) is 0 Å². The molecule has 0 heterocycles. The van der Waals surface area contributed by atoms with Crippen molar-refractivity contribution in [3.63, 3.8) is 0 Å². The smallest absolute Gasteiger partial charge is 0.0467 e. The standard InChI is InChI=1S/C40H33N/c1-29(36-17-8-11-30(27-36)26-31-12-9-18-37(28-31)33-15-6-3-7-16-33)25-38-19-10-20-39(40(38)41)35-23-21-34(22-24-35)32-13-4-2-5-14-32/h2-25,27-28H,26,41H2,1H3/b29-25+. The highest BCUT2D eigenvalue weighted by molar-refractivity contribution is 5.90. The van der Waals surface area contributed by atoms with Gasteiger partial charge in [-0.1, -0.05) is 152 Å². The summed E-state index contributed by atoms with van der Waals surface area (Å²) >= 11 is 0. The predicted octanol–water partition coefficient (Wildman–Crippen LogP) is 10.4. The maximum Gasteiger partial charge on any atom is 0.0467 e. The summed E-state index contributed by atoms with van der Waals surface area (Å²) in [7, 11) is 0. The SMILES string of the molecule is C/C(=C\c1cccc(-c2ccc(-c3ccccc3)cc2)c1N)c1cccc(Cc2cccc(-c3ccccc3)c2)c1. The Morgan fingerprint density at radius 3 is 1.76 bits per heavy atom. The van der Waals surface area contributed by atoms with Crippen LogP contribution < -0.4 is 5.73 Å². The van der Waals surface area contributed by atoms with E-state index in [4.69, 9.17) is 5.73 Å². The molecular weight excluding hydrogens is 494 g/mol. The molecular formula is C40H33N. The second kappa shape index (κ2) is 11.9. The van der Waals surface area contributed by atoms with Crippen molar-refractivity contribution in [1.29, 1.82) is 0 Å². The molecule has 0 fully saturated rings. The molecule has 1 nitrogen and oxygen atoms in total. The van der Waals surface area contributed by atoms with Crippen LogP contribution in [0.15, 0.2) is 152 Å². The minimum Gasteiger partial charge on any atom is -0.398 e. The molecule has 2 N–H and O–H groups in total. The maximum absolute atomic E-state index is 6.74. The van der Waals surface area contributed by atoms with Crippen LogP contribution in [0.5, 0.6) is 0 Å². The molecule has 0 aromatic heterocycles. The van der Waals surface area contributed by atoms with E-state index in [0.29, 0.717) is 0 Å². The quantitative estimate of drug-likeness (QED) is 0.162. The second-order valence-electron chi connectivity index (χ2n) is 10.5. The fourth-order valence-electron chi connectivity index (χ4n) is 5.40. The lowest BCUT2D eigenvalue weighted by atomic mass is 9.95. The molecule has 0 bridgehead atoms. The largest absolute Gasteiger partial charge is 0.398 e. The van der Waals surface area contributed by atoms with E-state index in [1.54, 1.807) is 0 Å². The van der Waals surface area contributed by atoms with Crippen LogP contribution in [-0.2, 0) is 6.42 Å². The molecule has 0 aliphatic rings. The van der Waals surface area contributed by atoms with Crippen molar-refractivity contribution in [2.75, 3.05) is 5.73 Å². The van der Waals surface area contributed by atoms with Crippen molar-refractivity contribution in [3.8, 4) is 33.4 Å². The van der Waals surface area contributed by atoms with E-state index in [1.165, 1.54) is 44.5 Å². The average molecular weight is 528 g/mol. The lowest BCUT2D eigenvalue weighted by Gasteiger charge is -2.12. The summed E-state index contributed by atoms with van der Waals surface area (Å²) in [5.74, 6) is 0. The number of para-hydroxylation sites is 1. The lowest BCUT2D eigenvalue weighted by Crippen LogP contribution is -1.95. The monoisotopic (exact) mass is 527 g/mol. The number of benzene rings is 6. The molecule has 0 radical (unpaired) electrons. The molecule has 0 amide bonds. The highest BCUT2D eigenvalue weighted by Gasteiger charge is 2.08. The van der Waals surface area contributed by atoms with E-state index in [-0.39, 0.29) is 0 Å². The van der Waals surface area contributed by atoms with Crippen molar-refractivity contribution in [1.82, 2.24) is 0 Å². The van der Waals surface area contributed by atoms with Crippen LogP contribution >= 0.6 is 0 Å². The Balaban J connectivity index is 1.23. The number of nitrogen functional groups attached to an aromatic ring is 1.